The molecule has 0 N–H and O–H groups in total. The maximum Gasteiger partial charge on any atom is 0.259 e. The van der Waals surface area contributed by atoms with Gasteiger partial charge >= 0.3 is 0 Å². The first-order valence-corrected chi connectivity index (χ1v) is 14.0. The van der Waals surface area contributed by atoms with Crippen molar-refractivity contribution in [3.63, 3.8) is 0 Å². The van der Waals surface area contributed by atoms with Gasteiger partial charge in [-0.1, -0.05) is 71.9 Å². The third-order valence-electron chi connectivity index (χ3n) is 6.98. The van der Waals surface area contributed by atoms with Gasteiger partial charge in [-0.25, -0.2) is 9.89 Å². The smallest absolute Gasteiger partial charge is 0.259 e. The molecule has 9 heteroatoms. The molecule has 3 aromatic rings. The van der Waals surface area contributed by atoms with E-state index >= 15 is 0 Å². The van der Waals surface area contributed by atoms with Gasteiger partial charge < -0.3 is 9.80 Å². The minimum atomic E-state index is -0.762. The second kappa shape index (κ2) is 10.6. The van der Waals surface area contributed by atoms with Crippen molar-refractivity contribution in [2.45, 2.75) is 18.2 Å². The van der Waals surface area contributed by atoms with Gasteiger partial charge in [-0.2, -0.15) is 0 Å². The summed E-state index contributed by atoms with van der Waals surface area (Å²) in [6, 6.07) is 24.8. The lowest BCUT2D eigenvalue weighted by molar-refractivity contribution is -0.135. The van der Waals surface area contributed by atoms with Gasteiger partial charge in [0.1, 0.15) is 11.9 Å². The van der Waals surface area contributed by atoms with Crippen molar-refractivity contribution in [2.24, 2.45) is 9.98 Å². The molecular formula is C29H26ClN5O2S. The summed E-state index contributed by atoms with van der Waals surface area (Å²) in [6.07, 6.45) is 0.0504. The Morgan fingerprint density at radius 3 is 2.42 bits per heavy atom. The number of amides is 2. The third kappa shape index (κ3) is 4.81. The molecule has 0 saturated carbocycles. The number of fused-ring (bicyclic) bond motifs is 3. The van der Waals surface area contributed by atoms with Crippen molar-refractivity contribution in [3.8, 4) is 0 Å². The molecule has 0 bridgehead atoms. The molecule has 38 heavy (non-hydrogen) atoms. The van der Waals surface area contributed by atoms with Crippen LogP contribution in [0.3, 0.4) is 0 Å². The number of carbonyl (C=O) groups excluding carboxylic acids is 2. The topological polar surface area (TPSA) is 68.6 Å². The Balaban J connectivity index is 1.17. The van der Waals surface area contributed by atoms with Crippen LogP contribution >= 0.6 is 23.4 Å². The molecule has 1 unspecified atom stereocenters. The van der Waals surface area contributed by atoms with E-state index in [2.05, 4.69) is 17.0 Å². The Bertz CT molecular complexity index is 1440. The van der Waals surface area contributed by atoms with Crippen LogP contribution in [0.25, 0.3) is 0 Å². The molecule has 1 fully saturated rings. The number of hydrogen-bond donors (Lipinski definition) is 0. The molecule has 3 heterocycles. The number of nitrogens with zero attached hydrogens (tertiary/aromatic N) is 5. The first kappa shape index (κ1) is 24.7. The van der Waals surface area contributed by atoms with Crippen LogP contribution in [0.5, 0.6) is 0 Å². The van der Waals surface area contributed by atoms with Crippen molar-refractivity contribution in [2.75, 3.05) is 31.1 Å². The lowest BCUT2D eigenvalue weighted by Crippen LogP contribution is -2.49. The molecule has 0 aromatic heterocycles. The van der Waals surface area contributed by atoms with Crippen LogP contribution in [0.2, 0.25) is 5.02 Å². The average Bonchev–Trinajstić information content (AvgIpc) is 3.29. The lowest BCUT2D eigenvalue weighted by atomic mass is 10.1. The zero-order valence-corrected chi connectivity index (χ0v) is 22.2. The average molecular weight is 544 g/mol. The molecule has 7 nitrogen and oxygen atoms in total. The van der Waals surface area contributed by atoms with E-state index < -0.39 is 6.04 Å². The number of halogens is 1. The lowest BCUT2D eigenvalue weighted by Gasteiger charge is -2.36. The quantitative estimate of drug-likeness (QED) is 0.455. The highest BCUT2D eigenvalue weighted by Gasteiger charge is 2.42. The van der Waals surface area contributed by atoms with Gasteiger partial charge in [-0.05, 0) is 35.9 Å². The molecule has 0 aliphatic carbocycles. The number of amidine groups is 2. The summed E-state index contributed by atoms with van der Waals surface area (Å²) in [5, 5.41) is 1.23. The van der Waals surface area contributed by atoms with Gasteiger partial charge in [0.15, 0.2) is 5.17 Å². The molecule has 3 aliphatic heterocycles. The van der Waals surface area contributed by atoms with Crippen molar-refractivity contribution < 1.29 is 9.59 Å². The summed E-state index contributed by atoms with van der Waals surface area (Å²) >= 11 is 7.80. The molecular weight excluding hydrogens is 518 g/mol. The van der Waals surface area contributed by atoms with Crippen molar-refractivity contribution in [1.29, 1.82) is 0 Å². The van der Waals surface area contributed by atoms with E-state index in [0.29, 0.717) is 34.9 Å². The number of piperazine rings is 1. The van der Waals surface area contributed by atoms with E-state index in [1.807, 2.05) is 71.6 Å². The highest BCUT2D eigenvalue weighted by atomic mass is 35.5. The second-order valence-electron chi connectivity index (χ2n) is 9.34. The van der Waals surface area contributed by atoms with Crippen LogP contribution in [-0.4, -0.2) is 64.8 Å². The monoisotopic (exact) mass is 543 g/mol. The molecule has 0 spiro atoms. The zero-order valence-electron chi connectivity index (χ0n) is 20.7. The molecule has 3 aromatic carbocycles. The van der Waals surface area contributed by atoms with E-state index in [1.165, 1.54) is 11.8 Å². The Morgan fingerprint density at radius 2 is 1.63 bits per heavy atom. The van der Waals surface area contributed by atoms with Gasteiger partial charge in [-0.15, -0.1) is 0 Å². The fourth-order valence-corrected chi connectivity index (χ4v) is 6.22. The van der Waals surface area contributed by atoms with E-state index in [-0.39, 0.29) is 18.2 Å². The fraction of sp³-hybridized carbons (Fsp3) is 0.241. The van der Waals surface area contributed by atoms with Crippen LogP contribution in [0, 0.1) is 0 Å². The molecule has 6 rings (SSSR count). The number of aliphatic imine (C=N–C) groups is 2. The van der Waals surface area contributed by atoms with Crippen LogP contribution in [0.1, 0.15) is 17.5 Å². The zero-order chi connectivity index (χ0) is 26.1. The molecule has 192 valence electrons. The Kier molecular flexibility index (Phi) is 6.91. The van der Waals surface area contributed by atoms with Gasteiger partial charge in [0, 0.05) is 48.2 Å². The number of anilines is 1. The predicted molar refractivity (Wildman–Crippen MR) is 153 cm³/mol. The summed E-state index contributed by atoms with van der Waals surface area (Å²) in [5.41, 5.74) is 3.69. The fourth-order valence-electron chi connectivity index (χ4n) is 4.94. The SMILES string of the molecule is O=C(CC1N=C2c3ccccc3N=C(SCc3ccccc3Cl)N2C1=O)N1CCN(c2ccccc2)CC1. The highest BCUT2D eigenvalue weighted by Crippen LogP contribution is 2.35. The number of para-hydroxylation sites is 2. The largest absolute Gasteiger partial charge is 0.368 e. The van der Waals surface area contributed by atoms with Crippen molar-refractivity contribution in [1.82, 2.24) is 9.80 Å². The third-order valence-corrected chi connectivity index (χ3v) is 8.34. The van der Waals surface area contributed by atoms with Crippen LogP contribution in [-0.2, 0) is 15.3 Å². The minimum absolute atomic E-state index is 0.0456. The van der Waals surface area contributed by atoms with Crippen molar-refractivity contribution in [3.05, 3.63) is 95.0 Å². The molecule has 3 aliphatic rings. The minimum Gasteiger partial charge on any atom is -0.368 e. The van der Waals surface area contributed by atoms with Gasteiger partial charge in [0.05, 0.1) is 12.1 Å². The summed E-state index contributed by atoms with van der Waals surface area (Å²) < 4.78 is 0. The van der Waals surface area contributed by atoms with Gasteiger partial charge in [0.25, 0.3) is 5.91 Å². The van der Waals surface area contributed by atoms with E-state index in [1.54, 1.807) is 4.90 Å². The van der Waals surface area contributed by atoms with Gasteiger partial charge in [-0.3, -0.25) is 14.6 Å². The summed E-state index contributed by atoms with van der Waals surface area (Å²) in [6.45, 7) is 2.77. The summed E-state index contributed by atoms with van der Waals surface area (Å²) in [4.78, 5) is 42.1. The number of benzene rings is 3. The first-order valence-electron chi connectivity index (χ1n) is 12.6. The highest BCUT2D eigenvalue weighted by molar-refractivity contribution is 8.13. The number of thioether (sulfide) groups is 1. The predicted octanol–water partition coefficient (Wildman–Crippen LogP) is 4.97. The van der Waals surface area contributed by atoms with Crippen molar-refractivity contribution >= 4 is 57.6 Å². The Labute approximate surface area is 230 Å². The molecule has 2 amide bonds. The maximum absolute atomic E-state index is 13.6. The van der Waals surface area contributed by atoms with E-state index in [4.69, 9.17) is 21.6 Å². The summed E-state index contributed by atoms with van der Waals surface area (Å²) in [5.74, 6) is 0.869. The standard InChI is InChI=1S/C29H26ClN5O2S/c30-23-12-6-4-8-20(23)19-38-29-32-24-13-7-5-11-22(24)27-31-25(28(37)35(27)29)18-26(36)34-16-14-33(15-17-34)21-9-2-1-3-10-21/h1-13,25H,14-19H2. The van der Waals surface area contributed by atoms with Crippen LogP contribution in [0.15, 0.2) is 88.8 Å². The second-order valence-corrected chi connectivity index (χ2v) is 10.7. The number of carbonyl (C=O) groups is 2. The van der Waals surface area contributed by atoms with Crippen LogP contribution < -0.4 is 4.90 Å². The van der Waals surface area contributed by atoms with E-state index in [9.17, 15) is 9.59 Å². The van der Waals surface area contributed by atoms with E-state index in [0.717, 1.165) is 35.6 Å². The molecule has 0 radical (unpaired) electrons. The number of rotatable bonds is 5. The number of hydrogen-bond acceptors (Lipinski definition) is 6. The molecule has 1 saturated heterocycles. The Morgan fingerprint density at radius 1 is 0.921 bits per heavy atom. The molecule has 1 atom stereocenters. The first-order chi connectivity index (χ1) is 18.6. The Hall–Kier alpha value is -3.62. The maximum atomic E-state index is 13.6. The van der Waals surface area contributed by atoms with Gasteiger partial charge in [0.2, 0.25) is 5.91 Å². The summed E-state index contributed by atoms with van der Waals surface area (Å²) in [7, 11) is 0. The van der Waals surface area contributed by atoms with Crippen LogP contribution in [0.4, 0.5) is 11.4 Å². The normalized spacial score (nSPS) is 18.6.